The fraction of sp³-hybridized carbons (Fsp3) is 0.414. The second kappa shape index (κ2) is 11.8. The molecule has 0 aliphatic carbocycles. The van der Waals surface area contributed by atoms with Gasteiger partial charge in [-0.1, -0.05) is 24.0 Å². The van der Waals surface area contributed by atoms with Gasteiger partial charge in [-0.05, 0) is 58.0 Å². The van der Waals surface area contributed by atoms with Crippen molar-refractivity contribution in [3.63, 3.8) is 0 Å². The van der Waals surface area contributed by atoms with E-state index >= 15 is 0 Å². The Balaban J connectivity index is 1.59. The van der Waals surface area contributed by atoms with Crippen molar-refractivity contribution in [1.82, 2.24) is 4.90 Å². The summed E-state index contributed by atoms with van der Waals surface area (Å²) in [6, 6.07) is 13.6. The van der Waals surface area contributed by atoms with Gasteiger partial charge in [-0.15, -0.1) is 11.3 Å². The molecule has 0 radical (unpaired) electrons. The SMILES string of the molecule is COc1cc(P(C)(C)=O)ccc1NCC#Cc1sc2c(N[C@H]3CCN(C)C[C@H]3F)cccc2c1C(C)C#N. The average Bonchev–Trinajstić information content (AvgIpc) is 3.26. The van der Waals surface area contributed by atoms with Crippen LogP contribution in [0.3, 0.4) is 0 Å². The van der Waals surface area contributed by atoms with E-state index in [0.717, 1.165) is 50.2 Å². The first-order valence-corrected chi connectivity index (χ1v) is 16.0. The number of nitriles is 1. The normalized spacial score (nSPS) is 18.8. The number of ether oxygens (including phenoxy) is 1. The third-order valence-electron chi connectivity index (χ3n) is 6.84. The van der Waals surface area contributed by atoms with Gasteiger partial charge >= 0.3 is 0 Å². The standard InChI is InChI=1S/C29H34FN4O2PS/c1-19(17-31)28-21-8-6-9-25(33-23-13-15-34(2)18-22(23)30)29(21)38-27(28)10-7-14-32-24-12-11-20(37(4,5)35)16-26(24)36-3/h6,8-9,11-12,16,19,22-23,32-33H,13-15,18H2,1-5H3/t19?,22-,23+/m1/s1. The van der Waals surface area contributed by atoms with Crippen LogP contribution in [0.2, 0.25) is 0 Å². The zero-order valence-electron chi connectivity index (χ0n) is 22.5. The number of methoxy groups -OCH3 is 1. The highest BCUT2D eigenvalue weighted by atomic mass is 32.1. The maximum absolute atomic E-state index is 14.7. The molecule has 0 bridgehead atoms. The van der Waals surface area contributed by atoms with Crippen LogP contribution in [0.15, 0.2) is 36.4 Å². The number of likely N-dealkylation sites (tertiary alicyclic amines) is 1. The number of hydrogen-bond donors (Lipinski definition) is 2. The molecule has 6 nitrogen and oxygen atoms in total. The molecular formula is C29H34FN4O2PS. The van der Waals surface area contributed by atoms with Crippen molar-refractivity contribution in [3.8, 4) is 23.7 Å². The number of thiophene rings is 1. The zero-order valence-corrected chi connectivity index (χ0v) is 24.2. The van der Waals surface area contributed by atoms with Crippen molar-refractivity contribution in [3.05, 3.63) is 46.8 Å². The first kappa shape index (κ1) is 28.0. The van der Waals surface area contributed by atoms with Gasteiger partial charge in [-0.3, -0.25) is 0 Å². The quantitative estimate of drug-likeness (QED) is 0.289. The summed E-state index contributed by atoms with van der Waals surface area (Å²) in [5.41, 5.74) is 2.56. The van der Waals surface area contributed by atoms with Crippen LogP contribution in [-0.4, -0.2) is 64.2 Å². The summed E-state index contributed by atoms with van der Waals surface area (Å²) in [5.74, 6) is 6.73. The number of nitrogens with one attached hydrogen (secondary N) is 2. The molecule has 0 spiro atoms. The Morgan fingerprint density at radius 3 is 2.76 bits per heavy atom. The van der Waals surface area contributed by atoms with Gasteiger partial charge in [0.25, 0.3) is 0 Å². The summed E-state index contributed by atoms with van der Waals surface area (Å²) in [5, 5.41) is 18.2. The average molecular weight is 553 g/mol. The lowest BCUT2D eigenvalue weighted by Gasteiger charge is -2.33. The number of rotatable bonds is 7. The van der Waals surface area contributed by atoms with Gasteiger partial charge in [-0.25, -0.2) is 4.39 Å². The number of halogens is 1. The number of piperidine rings is 1. The molecule has 0 amide bonds. The zero-order chi connectivity index (χ0) is 27.4. The van der Waals surface area contributed by atoms with Crippen molar-refractivity contribution < 1.29 is 13.7 Å². The third kappa shape index (κ3) is 6.16. The minimum atomic E-state index is -2.39. The second-order valence-electron chi connectivity index (χ2n) is 10.1. The molecule has 200 valence electrons. The lowest BCUT2D eigenvalue weighted by atomic mass is 9.98. The van der Waals surface area contributed by atoms with Crippen LogP contribution in [0.1, 0.15) is 29.7 Å². The summed E-state index contributed by atoms with van der Waals surface area (Å²) in [6.07, 6.45) is -0.211. The Labute approximate surface area is 228 Å². The summed E-state index contributed by atoms with van der Waals surface area (Å²) in [7, 11) is 1.13. The molecule has 3 aromatic rings. The maximum Gasteiger partial charge on any atom is 0.142 e. The Hall–Kier alpha value is -3.03. The maximum atomic E-state index is 14.7. The molecule has 38 heavy (non-hydrogen) atoms. The van der Waals surface area contributed by atoms with Gasteiger partial charge in [0.15, 0.2) is 0 Å². The van der Waals surface area contributed by atoms with Crippen LogP contribution < -0.4 is 20.7 Å². The Morgan fingerprint density at radius 1 is 1.29 bits per heavy atom. The van der Waals surface area contributed by atoms with E-state index in [1.165, 1.54) is 11.3 Å². The number of fused-ring (bicyclic) bond motifs is 1. The first-order valence-electron chi connectivity index (χ1n) is 12.6. The molecule has 2 N–H and O–H groups in total. The molecular weight excluding hydrogens is 518 g/mol. The lowest BCUT2D eigenvalue weighted by molar-refractivity contribution is 0.149. The summed E-state index contributed by atoms with van der Waals surface area (Å²) in [6.45, 7) is 6.98. The van der Waals surface area contributed by atoms with Crippen LogP contribution in [0, 0.1) is 23.2 Å². The van der Waals surface area contributed by atoms with E-state index in [-0.39, 0.29) is 12.0 Å². The number of hydrogen-bond acceptors (Lipinski definition) is 7. The number of nitrogens with zero attached hydrogens (tertiary/aromatic N) is 2. The minimum Gasteiger partial charge on any atom is -0.495 e. The van der Waals surface area contributed by atoms with E-state index in [2.05, 4.69) is 28.5 Å². The van der Waals surface area contributed by atoms with Crippen LogP contribution in [-0.2, 0) is 4.57 Å². The molecule has 1 aliphatic rings. The van der Waals surface area contributed by atoms with Crippen LogP contribution in [0.25, 0.3) is 10.1 Å². The summed E-state index contributed by atoms with van der Waals surface area (Å²) in [4.78, 5) is 2.85. The molecule has 1 aromatic heterocycles. The van der Waals surface area contributed by atoms with Gasteiger partial charge < -0.3 is 24.8 Å². The highest BCUT2D eigenvalue weighted by Crippen LogP contribution is 2.40. The molecule has 1 unspecified atom stereocenters. The van der Waals surface area contributed by atoms with E-state index in [1.54, 1.807) is 26.5 Å². The van der Waals surface area contributed by atoms with Gasteiger partial charge in [0, 0.05) is 29.3 Å². The van der Waals surface area contributed by atoms with E-state index < -0.39 is 13.3 Å². The molecule has 0 saturated carbocycles. The Morgan fingerprint density at radius 2 is 2.08 bits per heavy atom. The highest BCUT2D eigenvalue weighted by molar-refractivity contribution is 7.70. The van der Waals surface area contributed by atoms with E-state index in [4.69, 9.17) is 4.74 Å². The number of benzene rings is 2. The molecule has 3 atom stereocenters. The predicted molar refractivity (Wildman–Crippen MR) is 158 cm³/mol. The minimum absolute atomic E-state index is 0.245. The Kier molecular flexibility index (Phi) is 8.68. The van der Waals surface area contributed by atoms with E-state index in [0.29, 0.717) is 18.8 Å². The van der Waals surface area contributed by atoms with Gasteiger partial charge in [-0.2, -0.15) is 5.26 Å². The van der Waals surface area contributed by atoms with Gasteiger partial charge in [0.2, 0.25) is 0 Å². The van der Waals surface area contributed by atoms with Crippen LogP contribution in [0.5, 0.6) is 5.75 Å². The second-order valence-corrected chi connectivity index (χ2v) is 14.3. The van der Waals surface area contributed by atoms with E-state index in [9.17, 15) is 14.2 Å². The molecule has 2 aromatic carbocycles. The van der Waals surface area contributed by atoms with Crippen molar-refractivity contribution >= 4 is 45.2 Å². The largest absolute Gasteiger partial charge is 0.495 e. The van der Waals surface area contributed by atoms with Crippen molar-refractivity contribution in [1.29, 1.82) is 5.26 Å². The molecule has 1 fully saturated rings. The van der Waals surface area contributed by atoms with Crippen LogP contribution >= 0.6 is 18.5 Å². The predicted octanol–water partition coefficient (Wildman–Crippen LogP) is 5.70. The molecule has 4 rings (SSSR count). The fourth-order valence-corrected chi connectivity index (χ4v) is 6.79. The van der Waals surface area contributed by atoms with Crippen molar-refractivity contribution in [2.75, 3.05) is 57.8 Å². The summed E-state index contributed by atoms with van der Waals surface area (Å²) >= 11 is 1.54. The Bertz CT molecular complexity index is 1460. The molecule has 1 aliphatic heterocycles. The van der Waals surface area contributed by atoms with Gasteiger partial charge in [0.1, 0.15) is 19.1 Å². The number of alkyl halides is 1. The van der Waals surface area contributed by atoms with Crippen LogP contribution in [0.4, 0.5) is 15.8 Å². The highest BCUT2D eigenvalue weighted by Gasteiger charge is 2.28. The molecule has 9 heteroatoms. The third-order valence-corrected chi connectivity index (χ3v) is 9.53. The monoisotopic (exact) mass is 552 g/mol. The number of anilines is 2. The van der Waals surface area contributed by atoms with Gasteiger partial charge in [0.05, 0.1) is 52.6 Å². The molecule has 2 heterocycles. The van der Waals surface area contributed by atoms with E-state index in [1.807, 2.05) is 49.2 Å². The molecule has 1 saturated heterocycles. The fourth-order valence-electron chi connectivity index (χ4n) is 4.68. The topological polar surface area (TPSA) is 77.4 Å². The summed E-state index contributed by atoms with van der Waals surface area (Å²) < 4.78 is 33.6. The lowest BCUT2D eigenvalue weighted by Crippen LogP contribution is -2.46. The van der Waals surface area contributed by atoms with Crippen molar-refractivity contribution in [2.24, 2.45) is 0 Å². The van der Waals surface area contributed by atoms with Crippen molar-refractivity contribution in [2.45, 2.75) is 31.5 Å². The first-order chi connectivity index (χ1) is 18.1. The smallest absolute Gasteiger partial charge is 0.142 e.